The number of fused-ring (bicyclic) bond motifs is 2. The Hall–Kier alpha value is -2.42. The van der Waals surface area contributed by atoms with Gasteiger partial charge in [0.2, 0.25) is 0 Å². The molecule has 1 aliphatic heterocycles. The predicted octanol–water partition coefficient (Wildman–Crippen LogP) is 3.27. The van der Waals surface area contributed by atoms with E-state index in [0.717, 1.165) is 11.1 Å². The van der Waals surface area contributed by atoms with E-state index in [4.69, 9.17) is 4.74 Å². The van der Waals surface area contributed by atoms with E-state index >= 15 is 0 Å². The summed E-state index contributed by atoms with van der Waals surface area (Å²) < 4.78 is 5.00. The summed E-state index contributed by atoms with van der Waals surface area (Å²) in [5.41, 5.74) is 2.17. The summed E-state index contributed by atoms with van der Waals surface area (Å²) in [4.78, 5) is 24.6. The fourth-order valence-electron chi connectivity index (χ4n) is 4.02. The molecule has 1 saturated carbocycles. The van der Waals surface area contributed by atoms with Gasteiger partial charge in [0.05, 0.1) is 11.8 Å². The van der Waals surface area contributed by atoms with E-state index in [1.54, 1.807) is 0 Å². The Morgan fingerprint density at radius 1 is 0.682 bits per heavy atom. The maximum absolute atomic E-state index is 12.4. The summed E-state index contributed by atoms with van der Waals surface area (Å²) in [6.07, 6.45) is 0.679. The van der Waals surface area contributed by atoms with E-state index in [2.05, 4.69) is 0 Å². The van der Waals surface area contributed by atoms with Gasteiger partial charge in [-0.05, 0) is 23.5 Å². The van der Waals surface area contributed by atoms with Crippen molar-refractivity contribution in [2.45, 2.75) is 18.3 Å². The summed E-state index contributed by atoms with van der Waals surface area (Å²) in [5, 5.41) is 0. The Morgan fingerprint density at radius 2 is 1.27 bits per heavy atom. The molecule has 4 rings (SSSR count). The van der Waals surface area contributed by atoms with Gasteiger partial charge in [-0.25, -0.2) is 0 Å². The van der Waals surface area contributed by atoms with Crippen molar-refractivity contribution in [3.8, 4) is 0 Å². The summed E-state index contributed by atoms with van der Waals surface area (Å²) in [6, 6.07) is 19.8. The molecule has 1 heterocycles. The number of rotatable bonds is 2. The first-order chi connectivity index (χ1) is 10.8. The molecule has 1 saturated heterocycles. The van der Waals surface area contributed by atoms with Gasteiger partial charge in [-0.3, -0.25) is 9.59 Å². The highest BCUT2D eigenvalue weighted by molar-refractivity contribution is 5.94. The molecule has 4 unspecified atom stereocenters. The quantitative estimate of drug-likeness (QED) is 0.630. The molecular formula is C19H16O3. The van der Waals surface area contributed by atoms with Gasteiger partial charge in [-0.15, -0.1) is 0 Å². The lowest BCUT2D eigenvalue weighted by Crippen LogP contribution is -2.36. The minimum atomic E-state index is -0.374. The highest BCUT2D eigenvalue weighted by Crippen LogP contribution is 2.55. The smallest absolute Gasteiger partial charge is 0.317 e. The minimum absolute atomic E-state index is 0.0513. The molecule has 0 N–H and O–H groups in total. The van der Waals surface area contributed by atoms with Crippen LogP contribution in [0.2, 0.25) is 0 Å². The number of carbonyl (C=O) groups is 2. The van der Waals surface area contributed by atoms with Crippen molar-refractivity contribution in [3.63, 3.8) is 0 Å². The van der Waals surface area contributed by atoms with Crippen LogP contribution >= 0.6 is 0 Å². The number of benzene rings is 2. The maximum atomic E-state index is 12.4. The summed E-state index contributed by atoms with van der Waals surface area (Å²) in [5.74, 6) is -1.26. The van der Waals surface area contributed by atoms with Crippen molar-refractivity contribution in [2.24, 2.45) is 11.8 Å². The minimum Gasteiger partial charge on any atom is -0.393 e. The highest BCUT2D eigenvalue weighted by atomic mass is 16.6. The lowest BCUT2D eigenvalue weighted by Gasteiger charge is -2.29. The van der Waals surface area contributed by atoms with Crippen LogP contribution in [0.3, 0.4) is 0 Å². The molecule has 1 aliphatic carbocycles. The first kappa shape index (κ1) is 13.3. The molecule has 0 spiro atoms. The van der Waals surface area contributed by atoms with Crippen LogP contribution in [0.5, 0.6) is 0 Å². The van der Waals surface area contributed by atoms with Crippen LogP contribution in [0.15, 0.2) is 60.7 Å². The van der Waals surface area contributed by atoms with Gasteiger partial charge in [-0.1, -0.05) is 60.7 Å². The van der Waals surface area contributed by atoms with Crippen LogP contribution in [0.4, 0.5) is 0 Å². The van der Waals surface area contributed by atoms with Gasteiger partial charge >= 0.3 is 11.9 Å². The zero-order valence-corrected chi connectivity index (χ0v) is 12.0. The Morgan fingerprint density at radius 3 is 1.91 bits per heavy atom. The second kappa shape index (κ2) is 5.09. The monoisotopic (exact) mass is 292 g/mol. The van der Waals surface area contributed by atoms with E-state index in [1.165, 1.54) is 0 Å². The molecule has 3 heteroatoms. The summed E-state index contributed by atoms with van der Waals surface area (Å²) in [7, 11) is 0. The van der Waals surface area contributed by atoms with E-state index in [1.807, 2.05) is 60.7 Å². The SMILES string of the molecule is O=C1OC(=O)C2C(c3ccccc3)CC1C2c1ccccc1. The molecule has 0 aromatic heterocycles. The molecule has 4 atom stereocenters. The Bertz CT molecular complexity index is 708. The second-order valence-electron chi connectivity index (χ2n) is 6.06. The molecule has 3 nitrogen and oxygen atoms in total. The molecule has 2 bridgehead atoms. The van der Waals surface area contributed by atoms with E-state index in [9.17, 15) is 9.59 Å². The zero-order valence-electron chi connectivity index (χ0n) is 12.0. The van der Waals surface area contributed by atoms with Gasteiger partial charge in [0.25, 0.3) is 0 Å². The van der Waals surface area contributed by atoms with Gasteiger partial charge in [0, 0.05) is 5.92 Å². The van der Waals surface area contributed by atoms with Crippen LogP contribution in [0.25, 0.3) is 0 Å². The van der Waals surface area contributed by atoms with Crippen molar-refractivity contribution in [1.82, 2.24) is 0 Å². The normalized spacial score (nSPS) is 30.2. The lowest BCUT2D eigenvalue weighted by atomic mass is 9.79. The van der Waals surface area contributed by atoms with Crippen LogP contribution < -0.4 is 0 Å². The molecule has 2 aliphatic rings. The van der Waals surface area contributed by atoms with Crippen LogP contribution in [0, 0.1) is 11.8 Å². The molecule has 2 aromatic carbocycles. The van der Waals surface area contributed by atoms with Gasteiger partial charge in [0.1, 0.15) is 0 Å². The number of hydrogen-bond acceptors (Lipinski definition) is 3. The molecule has 0 amide bonds. The number of esters is 2. The molecule has 2 aromatic rings. The molecule has 22 heavy (non-hydrogen) atoms. The van der Waals surface area contributed by atoms with E-state index in [0.29, 0.717) is 6.42 Å². The van der Waals surface area contributed by atoms with Crippen molar-refractivity contribution in [3.05, 3.63) is 71.8 Å². The first-order valence-electron chi connectivity index (χ1n) is 7.61. The standard InChI is InChI=1S/C19H16O3/c20-18-15-11-14(12-7-3-1-4-8-12)17(19(21)22-18)16(15)13-9-5-2-6-10-13/h1-10,14-17H,11H2. The largest absolute Gasteiger partial charge is 0.393 e. The van der Waals surface area contributed by atoms with E-state index < -0.39 is 0 Å². The number of cyclic esters (lactones) is 2. The third-order valence-corrected chi connectivity index (χ3v) is 4.95. The van der Waals surface area contributed by atoms with Gasteiger partial charge in [-0.2, -0.15) is 0 Å². The zero-order chi connectivity index (χ0) is 15.1. The van der Waals surface area contributed by atoms with Crippen molar-refractivity contribution in [1.29, 1.82) is 0 Å². The van der Waals surface area contributed by atoms with Crippen LogP contribution in [-0.2, 0) is 14.3 Å². The van der Waals surface area contributed by atoms with Crippen LogP contribution in [0.1, 0.15) is 29.4 Å². The molecule has 2 fully saturated rings. The number of hydrogen-bond donors (Lipinski definition) is 0. The van der Waals surface area contributed by atoms with E-state index in [-0.39, 0.29) is 35.6 Å². The Labute approximate surface area is 128 Å². The predicted molar refractivity (Wildman–Crippen MR) is 81.1 cm³/mol. The first-order valence-corrected chi connectivity index (χ1v) is 7.61. The van der Waals surface area contributed by atoms with Gasteiger partial charge in [0.15, 0.2) is 0 Å². The lowest BCUT2D eigenvalue weighted by molar-refractivity contribution is -0.170. The maximum Gasteiger partial charge on any atom is 0.317 e. The van der Waals surface area contributed by atoms with Crippen molar-refractivity contribution >= 4 is 11.9 Å². The van der Waals surface area contributed by atoms with Crippen molar-refractivity contribution < 1.29 is 14.3 Å². The highest BCUT2D eigenvalue weighted by Gasteiger charge is 2.56. The summed E-state index contributed by atoms with van der Waals surface area (Å²) in [6.45, 7) is 0. The van der Waals surface area contributed by atoms with Crippen LogP contribution in [-0.4, -0.2) is 11.9 Å². The average Bonchev–Trinajstić information content (AvgIpc) is 2.91. The van der Waals surface area contributed by atoms with Gasteiger partial charge < -0.3 is 4.74 Å². The fourth-order valence-corrected chi connectivity index (χ4v) is 4.02. The Kier molecular flexibility index (Phi) is 3.07. The van der Waals surface area contributed by atoms with Crippen molar-refractivity contribution in [2.75, 3.05) is 0 Å². The number of carbonyl (C=O) groups excluding carboxylic acids is 2. The average molecular weight is 292 g/mol. The summed E-state index contributed by atoms with van der Waals surface area (Å²) >= 11 is 0. The molecular weight excluding hydrogens is 276 g/mol. The second-order valence-corrected chi connectivity index (χ2v) is 6.06. The molecule has 0 radical (unpaired) electrons. The molecule has 110 valence electrons. The Balaban J connectivity index is 1.80. The topological polar surface area (TPSA) is 43.4 Å². The fraction of sp³-hybridized carbons (Fsp3) is 0.263. The number of ether oxygens (including phenoxy) is 1. The third kappa shape index (κ3) is 1.97. The third-order valence-electron chi connectivity index (χ3n) is 4.95.